The van der Waals surface area contributed by atoms with Gasteiger partial charge in [0.1, 0.15) is 24.0 Å². The van der Waals surface area contributed by atoms with E-state index in [4.69, 9.17) is 13.6 Å². The van der Waals surface area contributed by atoms with Crippen LogP contribution in [0.2, 0.25) is 0 Å². The molecule has 1 saturated heterocycles. The molecule has 7 nitrogen and oxygen atoms in total. The standard InChI is InChI=1S/C25H25F2N3O4/c1-15-28-29-25(33-15)24-12-19-22(3-2-4-23(19)34-24)32-14-18(31)13-30-9-7-16(8-10-30)17-5-6-20(26)21(27)11-17/h2-6,11-12,16,18,31H,7-10,13-14H2,1H3. The molecule has 1 N–H and O–H groups in total. The van der Waals surface area contributed by atoms with Gasteiger partial charge in [-0.25, -0.2) is 8.78 Å². The van der Waals surface area contributed by atoms with Crippen LogP contribution in [0.15, 0.2) is 51.3 Å². The molecule has 0 saturated carbocycles. The Morgan fingerprint density at radius 2 is 1.91 bits per heavy atom. The molecule has 0 spiro atoms. The molecule has 3 heterocycles. The Morgan fingerprint density at radius 1 is 1.09 bits per heavy atom. The predicted octanol–water partition coefficient (Wildman–Crippen LogP) is 4.69. The number of rotatable bonds is 7. The summed E-state index contributed by atoms with van der Waals surface area (Å²) in [7, 11) is 0. The lowest BCUT2D eigenvalue weighted by atomic mass is 9.89. The van der Waals surface area contributed by atoms with Crippen molar-refractivity contribution < 1.29 is 27.5 Å². The smallest absolute Gasteiger partial charge is 0.283 e. The van der Waals surface area contributed by atoms with Gasteiger partial charge in [-0.05, 0) is 61.7 Å². The fraction of sp³-hybridized carbons (Fsp3) is 0.360. The maximum atomic E-state index is 13.5. The second kappa shape index (κ2) is 9.52. The Labute approximate surface area is 195 Å². The average Bonchev–Trinajstić information content (AvgIpc) is 3.46. The lowest BCUT2D eigenvalue weighted by molar-refractivity contribution is 0.0599. The highest BCUT2D eigenvalue weighted by atomic mass is 19.2. The topological polar surface area (TPSA) is 84.8 Å². The minimum absolute atomic E-state index is 0.127. The number of aryl methyl sites for hydroxylation is 1. The van der Waals surface area contributed by atoms with Crippen LogP contribution in [0, 0.1) is 18.6 Å². The van der Waals surface area contributed by atoms with Crippen molar-refractivity contribution in [3.63, 3.8) is 0 Å². The van der Waals surface area contributed by atoms with Gasteiger partial charge in [-0.2, -0.15) is 0 Å². The van der Waals surface area contributed by atoms with E-state index < -0.39 is 17.7 Å². The Kier molecular flexibility index (Phi) is 6.30. The molecular formula is C25H25F2N3O4. The van der Waals surface area contributed by atoms with Gasteiger partial charge >= 0.3 is 0 Å². The molecule has 4 aromatic rings. The van der Waals surface area contributed by atoms with E-state index in [0.29, 0.717) is 35.4 Å². The Morgan fingerprint density at radius 3 is 2.65 bits per heavy atom. The van der Waals surface area contributed by atoms with Gasteiger partial charge in [-0.15, -0.1) is 10.2 Å². The fourth-order valence-electron chi connectivity index (χ4n) is 4.41. The highest BCUT2D eigenvalue weighted by molar-refractivity contribution is 5.87. The first-order valence-corrected chi connectivity index (χ1v) is 11.3. The molecule has 1 unspecified atom stereocenters. The zero-order chi connectivity index (χ0) is 23.7. The van der Waals surface area contributed by atoms with Crippen molar-refractivity contribution in [3.8, 4) is 17.4 Å². The third-order valence-electron chi connectivity index (χ3n) is 6.16. The van der Waals surface area contributed by atoms with Crippen LogP contribution in [-0.2, 0) is 0 Å². The lowest BCUT2D eigenvalue weighted by Gasteiger charge is -2.33. The van der Waals surface area contributed by atoms with Crippen LogP contribution in [0.4, 0.5) is 8.78 Å². The van der Waals surface area contributed by atoms with Crippen molar-refractivity contribution in [2.75, 3.05) is 26.2 Å². The van der Waals surface area contributed by atoms with E-state index in [0.717, 1.165) is 36.9 Å². The molecule has 5 rings (SSSR count). The van der Waals surface area contributed by atoms with E-state index in [2.05, 4.69) is 15.1 Å². The number of hydrogen-bond acceptors (Lipinski definition) is 7. The van der Waals surface area contributed by atoms with Crippen molar-refractivity contribution in [1.82, 2.24) is 15.1 Å². The number of β-amino-alcohol motifs (C(OH)–C–C–N with tert-alkyl or cyclic N) is 1. The van der Waals surface area contributed by atoms with Gasteiger partial charge in [0.05, 0.1) is 5.39 Å². The molecule has 2 aromatic carbocycles. The second-order valence-corrected chi connectivity index (χ2v) is 8.62. The number of piperidine rings is 1. The largest absolute Gasteiger partial charge is 0.490 e. The molecular weight excluding hydrogens is 444 g/mol. The zero-order valence-corrected chi connectivity index (χ0v) is 18.7. The van der Waals surface area contributed by atoms with Crippen LogP contribution in [0.3, 0.4) is 0 Å². The van der Waals surface area contributed by atoms with E-state index in [1.54, 1.807) is 19.1 Å². The molecule has 1 fully saturated rings. The van der Waals surface area contributed by atoms with Crippen molar-refractivity contribution in [2.24, 2.45) is 0 Å². The van der Waals surface area contributed by atoms with E-state index in [9.17, 15) is 13.9 Å². The molecule has 1 atom stereocenters. The lowest BCUT2D eigenvalue weighted by Crippen LogP contribution is -2.40. The fourth-order valence-corrected chi connectivity index (χ4v) is 4.41. The van der Waals surface area contributed by atoms with Gasteiger partial charge in [0, 0.05) is 19.5 Å². The summed E-state index contributed by atoms with van der Waals surface area (Å²) in [6, 6.07) is 11.4. The summed E-state index contributed by atoms with van der Waals surface area (Å²) in [5.41, 5.74) is 1.45. The van der Waals surface area contributed by atoms with Gasteiger partial charge in [0.15, 0.2) is 17.4 Å². The Bertz CT molecular complexity index is 1280. The van der Waals surface area contributed by atoms with E-state index >= 15 is 0 Å². The summed E-state index contributed by atoms with van der Waals surface area (Å²) in [4.78, 5) is 2.17. The van der Waals surface area contributed by atoms with Crippen LogP contribution >= 0.6 is 0 Å². The van der Waals surface area contributed by atoms with Gasteiger partial charge in [-0.3, -0.25) is 0 Å². The van der Waals surface area contributed by atoms with Crippen LogP contribution < -0.4 is 4.74 Å². The van der Waals surface area contributed by atoms with Crippen LogP contribution in [0.25, 0.3) is 22.6 Å². The average molecular weight is 469 g/mol. The first-order chi connectivity index (χ1) is 16.5. The minimum Gasteiger partial charge on any atom is -0.490 e. The van der Waals surface area contributed by atoms with Gasteiger partial charge < -0.3 is 23.6 Å². The van der Waals surface area contributed by atoms with Crippen LogP contribution in [0.5, 0.6) is 5.75 Å². The van der Waals surface area contributed by atoms with Gasteiger partial charge in [0.2, 0.25) is 5.89 Å². The molecule has 34 heavy (non-hydrogen) atoms. The first kappa shape index (κ1) is 22.5. The summed E-state index contributed by atoms with van der Waals surface area (Å²) in [6.45, 7) is 3.84. The molecule has 0 bridgehead atoms. The molecule has 1 aliphatic rings. The molecule has 178 valence electrons. The van der Waals surface area contributed by atoms with Crippen molar-refractivity contribution in [3.05, 3.63) is 65.6 Å². The summed E-state index contributed by atoms with van der Waals surface area (Å²) >= 11 is 0. The Hall–Kier alpha value is -3.30. The maximum Gasteiger partial charge on any atom is 0.283 e. The zero-order valence-electron chi connectivity index (χ0n) is 18.7. The van der Waals surface area contributed by atoms with Gasteiger partial charge in [-0.1, -0.05) is 12.1 Å². The molecule has 2 aromatic heterocycles. The number of benzene rings is 2. The van der Waals surface area contributed by atoms with E-state index in [1.165, 1.54) is 12.1 Å². The maximum absolute atomic E-state index is 13.5. The number of ether oxygens (including phenoxy) is 1. The number of halogens is 2. The summed E-state index contributed by atoms with van der Waals surface area (Å²) in [5, 5.41) is 19.1. The van der Waals surface area contributed by atoms with Crippen molar-refractivity contribution in [2.45, 2.75) is 31.8 Å². The number of furan rings is 1. The summed E-state index contributed by atoms with van der Waals surface area (Å²) in [6.07, 6.45) is 0.968. The quantitative estimate of drug-likeness (QED) is 0.420. The number of hydrogen-bond donors (Lipinski definition) is 1. The van der Waals surface area contributed by atoms with E-state index in [-0.39, 0.29) is 12.5 Å². The highest BCUT2D eigenvalue weighted by Crippen LogP contribution is 2.33. The number of likely N-dealkylation sites (tertiary alicyclic amines) is 1. The highest BCUT2D eigenvalue weighted by Gasteiger charge is 2.23. The normalized spacial score (nSPS) is 16.2. The molecule has 0 amide bonds. The van der Waals surface area contributed by atoms with Crippen LogP contribution in [0.1, 0.15) is 30.2 Å². The third-order valence-corrected chi connectivity index (χ3v) is 6.16. The first-order valence-electron chi connectivity index (χ1n) is 11.3. The van der Waals surface area contributed by atoms with Gasteiger partial charge in [0.25, 0.3) is 5.89 Å². The monoisotopic (exact) mass is 469 g/mol. The SMILES string of the molecule is Cc1nnc(-c2cc3c(OCC(O)CN4CCC(c5ccc(F)c(F)c5)CC4)cccc3o2)o1. The number of aliphatic hydroxyl groups excluding tert-OH is 1. The van der Waals surface area contributed by atoms with Crippen LogP contribution in [-0.4, -0.2) is 52.5 Å². The third kappa shape index (κ3) is 4.80. The summed E-state index contributed by atoms with van der Waals surface area (Å²) < 4.78 is 43.9. The predicted molar refractivity (Wildman–Crippen MR) is 121 cm³/mol. The number of aliphatic hydroxyl groups is 1. The molecule has 1 aliphatic heterocycles. The summed E-state index contributed by atoms with van der Waals surface area (Å²) in [5.74, 6) is 0.359. The number of aromatic nitrogens is 2. The number of fused-ring (bicyclic) bond motifs is 1. The second-order valence-electron chi connectivity index (χ2n) is 8.62. The van der Waals surface area contributed by atoms with Crippen molar-refractivity contribution in [1.29, 1.82) is 0 Å². The van der Waals surface area contributed by atoms with E-state index in [1.807, 2.05) is 18.2 Å². The van der Waals surface area contributed by atoms with Crippen molar-refractivity contribution >= 4 is 11.0 Å². The minimum atomic E-state index is -0.823. The molecule has 0 aliphatic carbocycles. The molecule has 9 heteroatoms. The Balaban J connectivity index is 1.16. The molecule has 0 radical (unpaired) electrons. The number of nitrogens with zero attached hydrogens (tertiary/aromatic N) is 3.